The maximum absolute atomic E-state index is 12.2. The van der Waals surface area contributed by atoms with Crippen molar-refractivity contribution in [3.05, 3.63) is 24.3 Å². The second-order valence-corrected chi connectivity index (χ2v) is 6.44. The largest absolute Gasteiger partial charge is 0.372 e. The molecule has 0 aromatic heterocycles. The lowest BCUT2D eigenvalue weighted by molar-refractivity contribution is -0.132. The van der Waals surface area contributed by atoms with Gasteiger partial charge in [-0.1, -0.05) is 13.3 Å². The molecule has 0 saturated carbocycles. The molecule has 1 N–H and O–H groups in total. The van der Waals surface area contributed by atoms with Crippen LogP contribution in [0.5, 0.6) is 0 Å². The molecule has 2 amide bonds. The number of unbranched alkanes of at least 4 members (excludes halogenated alkanes) is 1. The van der Waals surface area contributed by atoms with Gasteiger partial charge in [0, 0.05) is 37.9 Å². The van der Waals surface area contributed by atoms with E-state index in [-0.39, 0.29) is 18.4 Å². The number of nitrogens with zero attached hydrogens (tertiary/aromatic N) is 2. The van der Waals surface area contributed by atoms with Gasteiger partial charge in [-0.15, -0.1) is 0 Å². The smallest absolute Gasteiger partial charge is 0.243 e. The predicted octanol–water partition coefficient (Wildman–Crippen LogP) is 3.26. The summed E-state index contributed by atoms with van der Waals surface area (Å²) in [6.07, 6.45) is 5.73. The Balaban J connectivity index is 1.87. The van der Waals surface area contributed by atoms with Crippen molar-refractivity contribution in [2.45, 2.75) is 46.0 Å². The zero-order chi connectivity index (χ0) is 17.4. The van der Waals surface area contributed by atoms with Crippen LogP contribution in [0, 0.1) is 0 Å². The van der Waals surface area contributed by atoms with E-state index in [1.54, 1.807) is 4.90 Å². The molecule has 1 aliphatic rings. The van der Waals surface area contributed by atoms with Crippen LogP contribution in [0.1, 0.15) is 46.0 Å². The SMILES string of the molecule is CCCCN(CC(=O)Nc1ccc(N2CCCCC2)cc1)C(C)=O. The molecule has 1 aromatic rings. The van der Waals surface area contributed by atoms with Crippen LogP contribution >= 0.6 is 0 Å². The van der Waals surface area contributed by atoms with Crippen molar-refractivity contribution in [1.82, 2.24) is 4.90 Å². The Kier molecular flexibility index (Phi) is 7.09. The molecule has 1 heterocycles. The highest BCUT2D eigenvalue weighted by Gasteiger charge is 2.14. The predicted molar refractivity (Wildman–Crippen MR) is 98.3 cm³/mol. The number of rotatable bonds is 7. The lowest BCUT2D eigenvalue weighted by Gasteiger charge is -2.28. The first-order valence-electron chi connectivity index (χ1n) is 9.00. The van der Waals surface area contributed by atoms with Crippen molar-refractivity contribution in [2.75, 3.05) is 36.4 Å². The average Bonchev–Trinajstić information content (AvgIpc) is 2.59. The Hall–Kier alpha value is -2.04. The second-order valence-electron chi connectivity index (χ2n) is 6.44. The third-order valence-electron chi connectivity index (χ3n) is 4.43. The fourth-order valence-electron chi connectivity index (χ4n) is 2.98. The van der Waals surface area contributed by atoms with Crippen molar-refractivity contribution < 1.29 is 9.59 Å². The van der Waals surface area contributed by atoms with Gasteiger partial charge in [0.2, 0.25) is 11.8 Å². The number of piperidine rings is 1. The highest BCUT2D eigenvalue weighted by molar-refractivity contribution is 5.94. The van der Waals surface area contributed by atoms with E-state index >= 15 is 0 Å². The number of anilines is 2. The number of hydrogen-bond donors (Lipinski definition) is 1. The summed E-state index contributed by atoms with van der Waals surface area (Å²) in [7, 11) is 0. The molecular weight excluding hydrogens is 302 g/mol. The number of nitrogens with one attached hydrogen (secondary N) is 1. The number of hydrogen-bond acceptors (Lipinski definition) is 3. The van der Waals surface area contributed by atoms with E-state index in [0.717, 1.165) is 31.6 Å². The lowest BCUT2D eigenvalue weighted by Crippen LogP contribution is -2.37. The molecule has 0 spiro atoms. The van der Waals surface area contributed by atoms with Crippen LogP contribution in [0.15, 0.2) is 24.3 Å². The molecule has 1 saturated heterocycles. The van der Waals surface area contributed by atoms with E-state index in [9.17, 15) is 9.59 Å². The average molecular weight is 331 g/mol. The van der Waals surface area contributed by atoms with Crippen molar-refractivity contribution in [1.29, 1.82) is 0 Å². The fraction of sp³-hybridized carbons (Fsp3) is 0.579. The van der Waals surface area contributed by atoms with Crippen LogP contribution in [0.25, 0.3) is 0 Å². The summed E-state index contributed by atoms with van der Waals surface area (Å²) in [6.45, 7) is 6.54. The summed E-state index contributed by atoms with van der Waals surface area (Å²) in [4.78, 5) is 27.7. The van der Waals surface area contributed by atoms with Crippen LogP contribution in [-0.4, -0.2) is 42.9 Å². The topological polar surface area (TPSA) is 52.7 Å². The summed E-state index contributed by atoms with van der Waals surface area (Å²) in [5, 5.41) is 2.88. The molecule has 0 atom stereocenters. The van der Waals surface area contributed by atoms with Crippen molar-refractivity contribution >= 4 is 23.2 Å². The molecule has 2 rings (SSSR count). The summed E-state index contributed by atoms with van der Waals surface area (Å²) >= 11 is 0. The van der Waals surface area contributed by atoms with Gasteiger partial charge in [-0.25, -0.2) is 0 Å². The highest BCUT2D eigenvalue weighted by Crippen LogP contribution is 2.21. The quantitative estimate of drug-likeness (QED) is 0.834. The van der Waals surface area contributed by atoms with Gasteiger partial charge in [-0.3, -0.25) is 9.59 Å². The van der Waals surface area contributed by atoms with Gasteiger partial charge < -0.3 is 15.1 Å². The van der Waals surface area contributed by atoms with Crippen LogP contribution in [0.4, 0.5) is 11.4 Å². The third kappa shape index (κ3) is 5.55. The minimum Gasteiger partial charge on any atom is -0.372 e. The molecule has 0 radical (unpaired) electrons. The van der Waals surface area contributed by atoms with E-state index in [2.05, 4.69) is 29.3 Å². The number of benzene rings is 1. The molecule has 132 valence electrons. The zero-order valence-corrected chi connectivity index (χ0v) is 14.9. The normalized spacial score (nSPS) is 14.3. The van der Waals surface area contributed by atoms with Crippen LogP contribution in [0.2, 0.25) is 0 Å². The van der Waals surface area contributed by atoms with Crippen molar-refractivity contribution in [3.63, 3.8) is 0 Å². The second kappa shape index (κ2) is 9.30. The molecule has 1 aromatic carbocycles. The number of carbonyl (C=O) groups excluding carboxylic acids is 2. The lowest BCUT2D eigenvalue weighted by atomic mass is 10.1. The number of amides is 2. The van der Waals surface area contributed by atoms with E-state index < -0.39 is 0 Å². The van der Waals surface area contributed by atoms with Gasteiger partial charge in [-0.2, -0.15) is 0 Å². The molecule has 1 fully saturated rings. The molecule has 5 heteroatoms. The Labute approximate surface area is 145 Å². The minimum atomic E-state index is -0.146. The van der Waals surface area contributed by atoms with Gasteiger partial charge >= 0.3 is 0 Å². The summed E-state index contributed by atoms with van der Waals surface area (Å²) in [6, 6.07) is 7.99. The van der Waals surface area contributed by atoms with Crippen LogP contribution in [-0.2, 0) is 9.59 Å². The van der Waals surface area contributed by atoms with E-state index in [0.29, 0.717) is 6.54 Å². The van der Waals surface area contributed by atoms with Gasteiger partial charge in [0.1, 0.15) is 0 Å². The van der Waals surface area contributed by atoms with Crippen molar-refractivity contribution in [3.8, 4) is 0 Å². The Morgan fingerprint density at radius 3 is 2.38 bits per heavy atom. The maximum atomic E-state index is 12.2. The van der Waals surface area contributed by atoms with Gasteiger partial charge in [0.15, 0.2) is 0 Å². The zero-order valence-electron chi connectivity index (χ0n) is 14.9. The van der Waals surface area contributed by atoms with Crippen LogP contribution in [0.3, 0.4) is 0 Å². The first kappa shape index (κ1) is 18.3. The standard InChI is InChI=1S/C19H29N3O2/c1-3-4-12-22(16(2)23)15-19(24)20-17-8-10-18(11-9-17)21-13-6-5-7-14-21/h8-11H,3-7,12-15H2,1-2H3,(H,20,24). The molecular formula is C19H29N3O2. The van der Waals surface area contributed by atoms with Crippen molar-refractivity contribution in [2.24, 2.45) is 0 Å². The Bertz CT molecular complexity index is 536. The molecule has 5 nitrogen and oxygen atoms in total. The summed E-state index contributed by atoms with van der Waals surface area (Å²) in [5.74, 6) is -0.203. The summed E-state index contributed by atoms with van der Waals surface area (Å²) < 4.78 is 0. The Morgan fingerprint density at radius 2 is 1.79 bits per heavy atom. The van der Waals surface area contributed by atoms with Gasteiger partial charge in [0.25, 0.3) is 0 Å². The molecule has 24 heavy (non-hydrogen) atoms. The minimum absolute atomic E-state index is 0.0564. The van der Waals surface area contributed by atoms with Gasteiger partial charge in [0.05, 0.1) is 6.54 Å². The molecule has 0 unspecified atom stereocenters. The first-order valence-corrected chi connectivity index (χ1v) is 9.00. The maximum Gasteiger partial charge on any atom is 0.243 e. The monoisotopic (exact) mass is 331 g/mol. The van der Waals surface area contributed by atoms with E-state index in [1.165, 1.54) is 31.9 Å². The van der Waals surface area contributed by atoms with Crippen LogP contribution < -0.4 is 10.2 Å². The third-order valence-corrected chi connectivity index (χ3v) is 4.43. The van der Waals surface area contributed by atoms with E-state index in [1.807, 2.05) is 12.1 Å². The molecule has 1 aliphatic heterocycles. The highest BCUT2D eigenvalue weighted by atomic mass is 16.2. The number of carbonyl (C=O) groups is 2. The van der Waals surface area contributed by atoms with Gasteiger partial charge in [-0.05, 0) is 49.9 Å². The fourth-order valence-corrected chi connectivity index (χ4v) is 2.98. The first-order chi connectivity index (χ1) is 11.6. The summed E-state index contributed by atoms with van der Waals surface area (Å²) in [5.41, 5.74) is 1.99. The molecule has 0 aliphatic carbocycles. The Morgan fingerprint density at radius 1 is 1.12 bits per heavy atom. The van der Waals surface area contributed by atoms with E-state index in [4.69, 9.17) is 0 Å². The molecule has 0 bridgehead atoms.